The summed E-state index contributed by atoms with van der Waals surface area (Å²) in [5.74, 6) is 0.857. The fraction of sp³-hybridized carbons (Fsp3) is 0.636. The van der Waals surface area contributed by atoms with E-state index >= 15 is 0 Å². The van der Waals surface area contributed by atoms with Crippen molar-refractivity contribution in [3.05, 3.63) is 35.9 Å². The number of amides is 2. The van der Waals surface area contributed by atoms with Gasteiger partial charge in [-0.05, 0) is 36.7 Å². The third kappa shape index (κ3) is 4.52. The van der Waals surface area contributed by atoms with Crippen molar-refractivity contribution < 1.29 is 14.7 Å². The predicted molar refractivity (Wildman–Crippen MR) is 105 cm³/mol. The molecule has 0 radical (unpaired) electrons. The van der Waals surface area contributed by atoms with Crippen LogP contribution in [0.25, 0.3) is 0 Å². The summed E-state index contributed by atoms with van der Waals surface area (Å²) in [6.07, 6.45) is 3.61. The lowest BCUT2D eigenvalue weighted by Crippen LogP contribution is -2.57. The largest absolute Gasteiger partial charge is 0.394 e. The molecule has 0 aliphatic carbocycles. The summed E-state index contributed by atoms with van der Waals surface area (Å²) in [6.45, 7) is 5.60. The van der Waals surface area contributed by atoms with Crippen LogP contribution in [0.1, 0.15) is 45.1 Å². The number of benzene rings is 1. The van der Waals surface area contributed by atoms with Gasteiger partial charge in [-0.2, -0.15) is 0 Å². The van der Waals surface area contributed by atoms with Gasteiger partial charge in [0.2, 0.25) is 11.8 Å². The molecule has 2 heterocycles. The molecule has 1 aromatic carbocycles. The molecule has 1 aromatic rings. The molecule has 3 atom stereocenters. The van der Waals surface area contributed by atoms with Crippen LogP contribution in [0.15, 0.2) is 30.3 Å². The van der Waals surface area contributed by atoms with Crippen molar-refractivity contribution >= 4 is 11.8 Å². The SMILES string of the molecule is CC(C)[C@@H](CO)N1C(=O)CC[C@@H]2CN(C(=O)Cc3ccccc3)CCCC21. The van der Waals surface area contributed by atoms with Gasteiger partial charge in [-0.1, -0.05) is 44.2 Å². The zero-order chi connectivity index (χ0) is 19.4. The summed E-state index contributed by atoms with van der Waals surface area (Å²) in [7, 11) is 0. The molecule has 5 nitrogen and oxygen atoms in total. The van der Waals surface area contributed by atoms with Gasteiger partial charge in [-0.25, -0.2) is 0 Å². The van der Waals surface area contributed by atoms with E-state index in [0.29, 0.717) is 18.8 Å². The minimum atomic E-state index is -0.128. The average Bonchev–Trinajstić information content (AvgIpc) is 2.87. The summed E-state index contributed by atoms with van der Waals surface area (Å²) >= 11 is 0. The Balaban J connectivity index is 1.72. The van der Waals surface area contributed by atoms with Crippen LogP contribution in [0.4, 0.5) is 0 Å². The first kappa shape index (κ1) is 19.9. The third-order valence-corrected chi connectivity index (χ3v) is 6.17. The number of likely N-dealkylation sites (tertiary alicyclic amines) is 2. The Morgan fingerprint density at radius 3 is 2.63 bits per heavy atom. The van der Waals surface area contributed by atoms with Gasteiger partial charge >= 0.3 is 0 Å². The summed E-state index contributed by atoms with van der Waals surface area (Å²) in [5.41, 5.74) is 1.05. The molecule has 2 fully saturated rings. The number of carbonyl (C=O) groups excluding carboxylic acids is 2. The smallest absolute Gasteiger partial charge is 0.226 e. The van der Waals surface area contributed by atoms with Crippen molar-refractivity contribution in [2.24, 2.45) is 11.8 Å². The number of rotatable bonds is 5. The van der Waals surface area contributed by atoms with E-state index in [0.717, 1.165) is 37.9 Å². The zero-order valence-corrected chi connectivity index (χ0v) is 16.5. The maximum Gasteiger partial charge on any atom is 0.226 e. The van der Waals surface area contributed by atoms with Crippen LogP contribution in [0.5, 0.6) is 0 Å². The maximum atomic E-state index is 12.8. The van der Waals surface area contributed by atoms with Crippen molar-refractivity contribution in [3.8, 4) is 0 Å². The number of aliphatic hydroxyl groups excluding tert-OH is 1. The number of hydrogen-bond acceptors (Lipinski definition) is 3. The van der Waals surface area contributed by atoms with E-state index < -0.39 is 0 Å². The number of fused-ring (bicyclic) bond motifs is 1. The van der Waals surface area contributed by atoms with Crippen LogP contribution in [0.2, 0.25) is 0 Å². The number of nitrogens with zero attached hydrogens (tertiary/aromatic N) is 2. The number of carbonyl (C=O) groups is 2. The van der Waals surface area contributed by atoms with Gasteiger partial charge in [0.05, 0.1) is 19.1 Å². The van der Waals surface area contributed by atoms with E-state index in [9.17, 15) is 14.7 Å². The quantitative estimate of drug-likeness (QED) is 0.864. The predicted octanol–water partition coefficient (Wildman–Crippen LogP) is 2.48. The highest BCUT2D eigenvalue weighted by Gasteiger charge is 2.42. The Kier molecular flexibility index (Phi) is 6.53. The van der Waals surface area contributed by atoms with Gasteiger partial charge in [-0.15, -0.1) is 0 Å². The van der Waals surface area contributed by atoms with E-state index in [1.165, 1.54) is 0 Å². The molecule has 0 bridgehead atoms. The summed E-state index contributed by atoms with van der Waals surface area (Å²) in [5, 5.41) is 9.87. The van der Waals surface area contributed by atoms with E-state index in [-0.39, 0.29) is 36.4 Å². The van der Waals surface area contributed by atoms with Gasteiger partial charge in [0.15, 0.2) is 0 Å². The molecule has 0 saturated carbocycles. The van der Waals surface area contributed by atoms with Crippen molar-refractivity contribution in [1.82, 2.24) is 9.80 Å². The van der Waals surface area contributed by atoms with Crippen molar-refractivity contribution in [1.29, 1.82) is 0 Å². The Hall–Kier alpha value is -1.88. The molecule has 148 valence electrons. The van der Waals surface area contributed by atoms with Gasteiger partial charge in [0.1, 0.15) is 0 Å². The molecule has 2 aliphatic heterocycles. The molecule has 2 aliphatic rings. The molecule has 0 spiro atoms. The van der Waals surface area contributed by atoms with Crippen molar-refractivity contribution in [2.75, 3.05) is 19.7 Å². The lowest BCUT2D eigenvalue weighted by molar-refractivity contribution is -0.145. The van der Waals surface area contributed by atoms with Crippen LogP contribution in [0, 0.1) is 11.8 Å². The van der Waals surface area contributed by atoms with E-state index in [1.807, 2.05) is 40.1 Å². The third-order valence-electron chi connectivity index (χ3n) is 6.17. The van der Waals surface area contributed by atoms with Crippen LogP contribution in [-0.2, 0) is 16.0 Å². The zero-order valence-electron chi connectivity index (χ0n) is 16.5. The molecular weight excluding hydrogens is 340 g/mol. The van der Waals surface area contributed by atoms with Crippen LogP contribution in [0.3, 0.4) is 0 Å². The average molecular weight is 373 g/mol. The Labute approximate surface area is 162 Å². The topological polar surface area (TPSA) is 60.9 Å². The molecule has 0 aromatic heterocycles. The second-order valence-corrected chi connectivity index (χ2v) is 8.31. The van der Waals surface area contributed by atoms with Gasteiger partial charge < -0.3 is 14.9 Å². The van der Waals surface area contributed by atoms with Crippen LogP contribution < -0.4 is 0 Å². The summed E-state index contributed by atoms with van der Waals surface area (Å²) < 4.78 is 0. The highest BCUT2D eigenvalue weighted by atomic mass is 16.3. The summed E-state index contributed by atoms with van der Waals surface area (Å²) in [6, 6.07) is 9.89. The first-order chi connectivity index (χ1) is 13.0. The second-order valence-electron chi connectivity index (χ2n) is 8.31. The second kappa shape index (κ2) is 8.87. The normalized spacial score (nSPS) is 24.5. The Bertz CT molecular complexity index is 646. The first-order valence-electron chi connectivity index (χ1n) is 10.2. The number of aliphatic hydroxyl groups is 1. The van der Waals surface area contributed by atoms with Crippen molar-refractivity contribution in [2.45, 2.75) is 58.0 Å². The van der Waals surface area contributed by atoms with E-state index in [4.69, 9.17) is 0 Å². The van der Waals surface area contributed by atoms with Crippen molar-refractivity contribution in [3.63, 3.8) is 0 Å². The van der Waals surface area contributed by atoms with Gasteiger partial charge in [0.25, 0.3) is 0 Å². The monoisotopic (exact) mass is 372 g/mol. The lowest BCUT2D eigenvalue weighted by Gasteiger charge is -2.46. The highest BCUT2D eigenvalue weighted by molar-refractivity contribution is 5.79. The number of piperidine rings is 1. The maximum absolute atomic E-state index is 12.8. The van der Waals surface area contributed by atoms with E-state index in [1.54, 1.807) is 0 Å². The standard InChI is InChI=1S/C22H32N2O3/c1-16(2)20(15-25)24-19-9-6-12-23(14-18(19)10-11-21(24)26)22(27)13-17-7-4-3-5-8-17/h3-5,7-8,16,18-20,25H,6,9-15H2,1-2H3/t18-,19?,20-/m1/s1. The van der Waals surface area contributed by atoms with Crippen LogP contribution in [-0.4, -0.2) is 58.5 Å². The molecule has 2 saturated heterocycles. The molecule has 1 N–H and O–H groups in total. The molecular formula is C22H32N2O3. The minimum Gasteiger partial charge on any atom is -0.394 e. The van der Waals surface area contributed by atoms with Gasteiger partial charge in [-0.3, -0.25) is 9.59 Å². The lowest BCUT2D eigenvalue weighted by atomic mass is 9.84. The first-order valence-corrected chi connectivity index (χ1v) is 10.2. The minimum absolute atomic E-state index is 0.00325. The summed E-state index contributed by atoms with van der Waals surface area (Å²) in [4.78, 5) is 29.5. The van der Waals surface area contributed by atoms with Crippen LogP contribution >= 0.6 is 0 Å². The number of hydrogen-bond donors (Lipinski definition) is 1. The molecule has 5 heteroatoms. The Morgan fingerprint density at radius 2 is 1.96 bits per heavy atom. The molecule has 1 unspecified atom stereocenters. The van der Waals surface area contributed by atoms with Gasteiger partial charge in [0, 0.05) is 25.6 Å². The fourth-order valence-corrected chi connectivity index (χ4v) is 4.66. The molecule has 2 amide bonds. The fourth-order valence-electron chi connectivity index (χ4n) is 4.66. The molecule has 27 heavy (non-hydrogen) atoms. The van der Waals surface area contributed by atoms with E-state index in [2.05, 4.69) is 13.8 Å². The molecule has 3 rings (SSSR count). The Morgan fingerprint density at radius 1 is 1.22 bits per heavy atom. The highest BCUT2D eigenvalue weighted by Crippen LogP contribution is 2.34.